The Morgan fingerprint density at radius 3 is 2.60 bits per heavy atom. The number of ketones is 2. The largest absolute Gasteiger partial charge is 0.493 e. The summed E-state index contributed by atoms with van der Waals surface area (Å²) >= 11 is 0. The lowest BCUT2D eigenvalue weighted by Crippen LogP contribution is -2.62. The van der Waals surface area contributed by atoms with Gasteiger partial charge in [0, 0.05) is 16.7 Å². The molecule has 0 spiro atoms. The quantitative estimate of drug-likeness (QED) is 0.402. The van der Waals surface area contributed by atoms with Crippen LogP contribution in [-0.2, 0) is 16.0 Å². The summed E-state index contributed by atoms with van der Waals surface area (Å²) in [5.41, 5.74) is -0.373. The highest BCUT2D eigenvalue weighted by atomic mass is 35.5. The highest BCUT2D eigenvalue weighted by molar-refractivity contribution is 6.01. The molecule has 40 heavy (non-hydrogen) atoms. The van der Waals surface area contributed by atoms with Gasteiger partial charge in [-0.2, -0.15) is 0 Å². The number of carbonyl (C=O) groups is 2. The van der Waals surface area contributed by atoms with Crippen molar-refractivity contribution in [2.75, 3.05) is 27.3 Å². The van der Waals surface area contributed by atoms with Gasteiger partial charge in [-0.3, -0.25) is 9.59 Å². The van der Waals surface area contributed by atoms with Crippen LogP contribution in [0.15, 0.2) is 42.0 Å². The van der Waals surface area contributed by atoms with Crippen molar-refractivity contribution in [1.29, 1.82) is 0 Å². The minimum atomic E-state index is -1.47. The van der Waals surface area contributed by atoms with Crippen LogP contribution in [0.2, 0.25) is 0 Å². The lowest BCUT2D eigenvalue weighted by atomic mass is 9.45. The first kappa shape index (κ1) is 30.8. The molecule has 7 nitrogen and oxygen atoms in total. The van der Waals surface area contributed by atoms with E-state index in [1.807, 2.05) is 31.2 Å². The molecule has 5 rings (SSSR count). The fraction of sp³-hybridized carbons (Fsp3) is 0.625. The monoisotopic (exact) mass is 573 g/mol. The normalized spacial score (nSPS) is 37.9. The van der Waals surface area contributed by atoms with Gasteiger partial charge >= 0.3 is 0 Å². The van der Waals surface area contributed by atoms with Crippen LogP contribution >= 0.6 is 12.4 Å². The molecule has 4 aliphatic carbocycles. The molecular formula is C32H44ClNO6. The zero-order valence-electron chi connectivity index (χ0n) is 24.2. The van der Waals surface area contributed by atoms with E-state index in [2.05, 4.69) is 19.2 Å². The van der Waals surface area contributed by atoms with Gasteiger partial charge in [-0.15, -0.1) is 12.4 Å². The van der Waals surface area contributed by atoms with Gasteiger partial charge in [0.05, 0.1) is 26.9 Å². The number of benzene rings is 1. The number of halogens is 1. The first-order valence-corrected chi connectivity index (χ1v) is 14.3. The maximum Gasteiger partial charge on any atom is 0.178 e. The Balaban J connectivity index is 0.00000370. The van der Waals surface area contributed by atoms with E-state index in [4.69, 9.17) is 9.47 Å². The van der Waals surface area contributed by atoms with Crippen molar-refractivity contribution in [1.82, 2.24) is 5.32 Å². The highest BCUT2D eigenvalue weighted by Crippen LogP contribution is 2.67. The lowest BCUT2D eigenvalue weighted by molar-refractivity contribution is -0.177. The number of hydrogen-bond donors (Lipinski definition) is 3. The van der Waals surface area contributed by atoms with E-state index in [0.29, 0.717) is 37.3 Å². The van der Waals surface area contributed by atoms with Crippen LogP contribution in [0, 0.1) is 34.5 Å². The zero-order chi connectivity index (χ0) is 28.2. The van der Waals surface area contributed by atoms with E-state index in [9.17, 15) is 19.8 Å². The second-order valence-electron chi connectivity index (χ2n) is 12.7. The van der Waals surface area contributed by atoms with Gasteiger partial charge in [-0.1, -0.05) is 38.5 Å². The van der Waals surface area contributed by atoms with Crippen molar-refractivity contribution in [3.63, 3.8) is 0 Å². The number of Topliss-reactive ketones (excluding diaryl/α,β-unsaturated/α-hetero) is 1. The zero-order valence-corrected chi connectivity index (χ0v) is 25.1. The maximum atomic E-state index is 13.6. The summed E-state index contributed by atoms with van der Waals surface area (Å²) in [6, 6.07) is 5.78. The molecule has 0 bridgehead atoms. The minimum Gasteiger partial charge on any atom is -0.493 e. The number of fused-ring (bicyclic) bond motifs is 5. The SMILES string of the molecule is COc1ccc(CCNCC(=O)[C@@]2(O)CC[C@H]3[C@@H]4CC(C)C5=CC(=O)C=C[C@]5(C)[C@H]4C(O)C[C@@]32C)cc1OC.Cl. The Morgan fingerprint density at radius 1 is 1.18 bits per heavy atom. The number of rotatable bonds is 8. The van der Waals surface area contributed by atoms with Gasteiger partial charge in [-0.25, -0.2) is 0 Å². The molecule has 3 fully saturated rings. The predicted octanol–water partition coefficient (Wildman–Crippen LogP) is 4.08. The van der Waals surface area contributed by atoms with Gasteiger partial charge < -0.3 is 25.0 Å². The molecule has 0 aromatic heterocycles. The van der Waals surface area contributed by atoms with Gasteiger partial charge in [0.1, 0.15) is 5.60 Å². The number of carbonyl (C=O) groups excluding carboxylic acids is 2. The smallest absolute Gasteiger partial charge is 0.178 e. The maximum absolute atomic E-state index is 13.6. The van der Waals surface area contributed by atoms with Gasteiger partial charge in [-0.05, 0) is 86.3 Å². The fourth-order valence-electron chi connectivity index (χ4n) is 8.83. The molecule has 8 heteroatoms. The lowest BCUT2D eigenvalue weighted by Gasteiger charge is -2.60. The third-order valence-corrected chi connectivity index (χ3v) is 10.8. The summed E-state index contributed by atoms with van der Waals surface area (Å²) < 4.78 is 10.7. The molecule has 3 N–H and O–H groups in total. The Bertz CT molecular complexity index is 1210. The summed E-state index contributed by atoms with van der Waals surface area (Å²) in [5, 5.41) is 26.8. The molecule has 1 aromatic rings. The van der Waals surface area contributed by atoms with E-state index < -0.39 is 17.1 Å². The summed E-state index contributed by atoms with van der Waals surface area (Å²) in [4.78, 5) is 25.8. The second-order valence-corrected chi connectivity index (χ2v) is 12.7. The van der Waals surface area contributed by atoms with Crippen LogP contribution in [0.3, 0.4) is 0 Å². The number of aliphatic hydroxyl groups is 2. The standard InChI is InChI=1S/C32H43NO6.ClH/c1-19-14-22-23-9-12-32(37,28(36)18-33-13-10-20-6-7-26(38-4)27(15-20)39-5)31(23,3)17-25(35)29(22)30(2)11-8-21(34)16-24(19)30;/h6-8,11,15-16,19,22-23,25,29,33,35,37H,9-10,12-14,17-18H2,1-5H3;1H/t19?,22-,23-,25?,29+,30-,31-,32-;/m0./s1. The molecule has 2 unspecified atom stereocenters. The number of hydrogen-bond acceptors (Lipinski definition) is 7. The second kappa shape index (κ2) is 11.2. The Kier molecular flexibility index (Phi) is 8.64. The molecule has 0 heterocycles. The Labute approximate surface area is 243 Å². The van der Waals surface area contributed by atoms with Crippen molar-refractivity contribution in [3.8, 4) is 11.5 Å². The first-order valence-electron chi connectivity index (χ1n) is 14.3. The third-order valence-electron chi connectivity index (χ3n) is 10.8. The molecule has 220 valence electrons. The Hall–Kier alpha value is -2.19. The average molecular weight is 574 g/mol. The summed E-state index contributed by atoms with van der Waals surface area (Å²) in [6.07, 6.45) is 7.88. The van der Waals surface area contributed by atoms with E-state index >= 15 is 0 Å². The number of methoxy groups -OCH3 is 2. The molecule has 0 saturated heterocycles. The van der Waals surface area contributed by atoms with Gasteiger partial charge in [0.15, 0.2) is 23.1 Å². The van der Waals surface area contributed by atoms with Crippen LogP contribution in [0.1, 0.15) is 52.0 Å². The summed E-state index contributed by atoms with van der Waals surface area (Å²) in [5.74, 6) is 1.66. The predicted molar refractivity (Wildman–Crippen MR) is 156 cm³/mol. The number of aliphatic hydroxyl groups excluding tert-OH is 1. The average Bonchev–Trinajstić information content (AvgIpc) is 3.18. The minimum absolute atomic E-state index is 0. The summed E-state index contributed by atoms with van der Waals surface area (Å²) in [7, 11) is 3.21. The molecule has 8 atom stereocenters. The molecule has 0 aliphatic heterocycles. The molecule has 3 saturated carbocycles. The van der Waals surface area contributed by atoms with Crippen LogP contribution < -0.4 is 14.8 Å². The number of nitrogens with one attached hydrogen (secondary N) is 1. The van der Waals surface area contributed by atoms with Crippen LogP contribution in [0.5, 0.6) is 11.5 Å². The van der Waals surface area contributed by atoms with Crippen LogP contribution in [0.4, 0.5) is 0 Å². The van der Waals surface area contributed by atoms with Crippen molar-refractivity contribution < 1.29 is 29.3 Å². The van der Waals surface area contributed by atoms with E-state index in [0.717, 1.165) is 24.0 Å². The fourth-order valence-corrected chi connectivity index (χ4v) is 8.83. The highest BCUT2D eigenvalue weighted by Gasteiger charge is 2.68. The van der Waals surface area contributed by atoms with Crippen LogP contribution in [-0.4, -0.2) is 60.8 Å². The topological polar surface area (TPSA) is 105 Å². The number of allylic oxidation sites excluding steroid dienone is 4. The molecule has 0 radical (unpaired) electrons. The molecule has 4 aliphatic rings. The van der Waals surface area contributed by atoms with Crippen molar-refractivity contribution in [3.05, 3.63) is 47.6 Å². The molecular weight excluding hydrogens is 530 g/mol. The van der Waals surface area contributed by atoms with Crippen molar-refractivity contribution >= 4 is 24.0 Å². The number of ether oxygens (including phenoxy) is 2. The Morgan fingerprint density at radius 2 is 1.90 bits per heavy atom. The molecule has 0 amide bonds. The van der Waals surface area contributed by atoms with E-state index in [1.54, 1.807) is 26.4 Å². The van der Waals surface area contributed by atoms with E-state index in [1.165, 1.54) is 0 Å². The van der Waals surface area contributed by atoms with Crippen molar-refractivity contribution in [2.45, 2.75) is 64.6 Å². The molecule has 1 aromatic carbocycles. The third kappa shape index (κ3) is 4.73. The van der Waals surface area contributed by atoms with E-state index in [-0.39, 0.29) is 59.6 Å². The first-order chi connectivity index (χ1) is 18.5. The van der Waals surface area contributed by atoms with Crippen molar-refractivity contribution in [2.24, 2.45) is 34.5 Å². The van der Waals surface area contributed by atoms with Gasteiger partial charge in [0.2, 0.25) is 0 Å². The van der Waals surface area contributed by atoms with Crippen LogP contribution in [0.25, 0.3) is 0 Å². The van der Waals surface area contributed by atoms with Gasteiger partial charge in [0.25, 0.3) is 0 Å². The summed E-state index contributed by atoms with van der Waals surface area (Å²) in [6.45, 7) is 7.00.